The normalized spacial score (nSPS) is 10.8. The molecule has 0 aliphatic carbocycles. The molecule has 218 valence electrons. The second-order valence-corrected chi connectivity index (χ2v) is 8.82. The third-order valence-electron chi connectivity index (χ3n) is 6.06. The number of esters is 1. The van der Waals surface area contributed by atoms with E-state index in [1.807, 2.05) is 30.3 Å². The molecule has 4 rings (SSSR count). The van der Waals surface area contributed by atoms with Gasteiger partial charge in [0.1, 0.15) is 5.75 Å². The Labute approximate surface area is 248 Å². The largest absolute Gasteiger partial charge is 0.493 e. The van der Waals surface area contributed by atoms with E-state index in [4.69, 9.17) is 18.9 Å². The minimum atomic E-state index is -0.572. The second-order valence-electron chi connectivity index (χ2n) is 8.82. The Bertz CT molecular complexity index is 1640. The summed E-state index contributed by atoms with van der Waals surface area (Å²) in [7, 11) is 4.36. The van der Waals surface area contributed by atoms with E-state index in [2.05, 4.69) is 15.8 Å². The highest BCUT2D eigenvalue weighted by Crippen LogP contribution is 2.38. The van der Waals surface area contributed by atoms with Crippen LogP contribution in [-0.4, -0.2) is 45.3 Å². The van der Waals surface area contributed by atoms with Gasteiger partial charge in [0.05, 0.1) is 38.8 Å². The van der Waals surface area contributed by atoms with Crippen molar-refractivity contribution in [3.63, 3.8) is 0 Å². The van der Waals surface area contributed by atoms with Crippen molar-refractivity contribution in [2.24, 2.45) is 5.10 Å². The number of hydrogen-bond acceptors (Lipinski definition) is 8. The van der Waals surface area contributed by atoms with Crippen LogP contribution in [0.3, 0.4) is 0 Å². The molecule has 2 N–H and O–H groups in total. The number of nitrogens with one attached hydrogen (secondary N) is 2. The molecule has 43 heavy (non-hydrogen) atoms. The van der Waals surface area contributed by atoms with Gasteiger partial charge in [0.2, 0.25) is 5.75 Å². The first-order chi connectivity index (χ1) is 20.9. The Morgan fingerprint density at radius 1 is 0.721 bits per heavy atom. The number of hydrogen-bond donors (Lipinski definition) is 2. The zero-order valence-electron chi connectivity index (χ0n) is 23.7. The number of anilines is 1. The molecule has 4 aromatic carbocycles. The molecule has 0 radical (unpaired) electrons. The second kappa shape index (κ2) is 14.6. The van der Waals surface area contributed by atoms with Crippen LogP contribution in [0.15, 0.2) is 102 Å². The van der Waals surface area contributed by atoms with Crippen molar-refractivity contribution in [3.8, 4) is 23.0 Å². The summed E-state index contributed by atoms with van der Waals surface area (Å²) in [6, 6.07) is 25.6. The van der Waals surface area contributed by atoms with Crippen LogP contribution in [0.4, 0.5) is 5.69 Å². The van der Waals surface area contributed by atoms with Gasteiger partial charge in [-0.1, -0.05) is 54.6 Å². The fraction of sp³-hybridized carbons (Fsp3) is 0.0909. The average Bonchev–Trinajstić information content (AvgIpc) is 3.04. The number of amides is 2. The first-order valence-electron chi connectivity index (χ1n) is 13.0. The molecule has 4 aromatic rings. The molecule has 0 saturated heterocycles. The number of para-hydroxylation sites is 2. The molecule has 0 fully saturated rings. The maximum Gasteiger partial charge on any atom is 0.336 e. The van der Waals surface area contributed by atoms with E-state index in [1.54, 1.807) is 54.6 Å². The number of hydrazone groups is 1. The van der Waals surface area contributed by atoms with Crippen LogP contribution in [0.2, 0.25) is 0 Å². The zero-order valence-corrected chi connectivity index (χ0v) is 23.7. The fourth-order valence-corrected chi connectivity index (χ4v) is 3.97. The predicted molar refractivity (Wildman–Crippen MR) is 163 cm³/mol. The van der Waals surface area contributed by atoms with E-state index in [9.17, 15) is 14.4 Å². The van der Waals surface area contributed by atoms with Gasteiger partial charge in [-0.2, -0.15) is 5.10 Å². The minimum absolute atomic E-state index is 0.172. The quantitative estimate of drug-likeness (QED) is 0.0807. The molecule has 0 aliphatic heterocycles. The number of carbonyl (C=O) groups is 3. The summed E-state index contributed by atoms with van der Waals surface area (Å²) in [4.78, 5) is 38.5. The summed E-state index contributed by atoms with van der Waals surface area (Å²) in [5.41, 5.74) is 4.43. The van der Waals surface area contributed by atoms with Crippen molar-refractivity contribution in [2.45, 2.75) is 0 Å². The number of methoxy groups -OCH3 is 3. The summed E-state index contributed by atoms with van der Waals surface area (Å²) in [5.74, 6) is -0.403. The van der Waals surface area contributed by atoms with E-state index in [-0.39, 0.29) is 22.6 Å². The molecule has 2 amide bonds. The molecule has 0 spiro atoms. The molecule has 0 aromatic heterocycles. The fourth-order valence-electron chi connectivity index (χ4n) is 3.97. The molecule has 0 aliphatic rings. The van der Waals surface area contributed by atoms with Gasteiger partial charge in [0.15, 0.2) is 11.5 Å². The van der Waals surface area contributed by atoms with E-state index >= 15 is 0 Å². The van der Waals surface area contributed by atoms with Crippen LogP contribution in [-0.2, 0) is 4.79 Å². The third-order valence-corrected chi connectivity index (χ3v) is 6.06. The van der Waals surface area contributed by atoms with Crippen LogP contribution in [0.5, 0.6) is 23.0 Å². The highest BCUT2D eigenvalue weighted by atomic mass is 16.5. The van der Waals surface area contributed by atoms with E-state index in [0.717, 1.165) is 5.56 Å². The van der Waals surface area contributed by atoms with Gasteiger partial charge in [-0.15, -0.1) is 0 Å². The monoisotopic (exact) mass is 579 g/mol. The Kier molecular flexibility index (Phi) is 10.2. The van der Waals surface area contributed by atoms with Crippen LogP contribution >= 0.6 is 0 Å². The van der Waals surface area contributed by atoms with Crippen LogP contribution in [0.25, 0.3) is 6.08 Å². The molecular formula is C33H29N3O7. The van der Waals surface area contributed by atoms with Crippen molar-refractivity contribution < 1.29 is 33.3 Å². The van der Waals surface area contributed by atoms with Gasteiger partial charge in [0, 0.05) is 17.2 Å². The lowest BCUT2D eigenvalue weighted by Gasteiger charge is -2.15. The maximum absolute atomic E-state index is 13.1. The van der Waals surface area contributed by atoms with Gasteiger partial charge < -0.3 is 24.3 Å². The maximum atomic E-state index is 13.1. The van der Waals surface area contributed by atoms with Gasteiger partial charge in [-0.3, -0.25) is 9.59 Å². The number of benzene rings is 4. The molecule has 0 atom stereocenters. The standard InChI is InChI=1S/C33H29N3O7/c1-40-28-19-24(20-29(41-2)31(28)42-3)32(38)35-26-15-9-8-14-25(26)33(39)36-34-21-23-13-7-10-16-27(23)43-30(37)18-17-22-11-5-4-6-12-22/h4-21H,1-3H3,(H,35,38)(H,36,39)/b18-17+,34-21-. The Hall–Kier alpha value is -5.90. The van der Waals surface area contributed by atoms with Crippen molar-refractivity contribution >= 4 is 35.8 Å². The minimum Gasteiger partial charge on any atom is -0.493 e. The topological polar surface area (TPSA) is 125 Å². The van der Waals surface area contributed by atoms with Crippen molar-refractivity contribution in [1.82, 2.24) is 5.43 Å². The highest BCUT2D eigenvalue weighted by Gasteiger charge is 2.19. The van der Waals surface area contributed by atoms with E-state index < -0.39 is 17.8 Å². The van der Waals surface area contributed by atoms with E-state index in [1.165, 1.54) is 45.8 Å². The number of ether oxygens (including phenoxy) is 4. The first kappa shape index (κ1) is 30.1. The zero-order chi connectivity index (χ0) is 30.6. The smallest absolute Gasteiger partial charge is 0.336 e. The van der Waals surface area contributed by atoms with Crippen molar-refractivity contribution in [2.75, 3.05) is 26.6 Å². The lowest BCUT2D eigenvalue weighted by atomic mass is 10.1. The van der Waals surface area contributed by atoms with Crippen LogP contribution in [0.1, 0.15) is 31.8 Å². The predicted octanol–water partition coefficient (Wildman–Crippen LogP) is 5.35. The van der Waals surface area contributed by atoms with Crippen LogP contribution in [0, 0.1) is 0 Å². The van der Waals surface area contributed by atoms with Crippen molar-refractivity contribution in [3.05, 3.63) is 119 Å². The summed E-state index contributed by atoms with van der Waals surface area (Å²) < 4.78 is 21.4. The molecule has 0 saturated carbocycles. The number of nitrogens with zero attached hydrogens (tertiary/aromatic N) is 1. The molecular weight excluding hydrogens is 550 g/mol. The van der Waals surface area contributed by atoms with Gasteiger partial charge in [0.25, 0.3) is 11.8 Å². The van der Waals surface area contributed by atoms with Gasteiger partial charge >= 0.3 is 5.97 Å². The van der Waals surface area contributed by atoms with E-state index in [0.29, 0.717) is 22.8 Å². The van der Waals surface area contributed by atoms with Crippen LogP contribution < -0.4 is 29.7 Å². The molecule has 10 heteroatoms. The van der Waals surface area contributed by atoms with Gasteiger partial charge in [-0.25, -0.2) is 10.2 Å². The molecule has 0 unspecified atom stereocenters. The summed E-state index contributed by atoms with van der Waals surface area (Å²) >= 11 is 0. The van der Waals surface area contributed by atoms with Gasteiger partial charge in [-0.05, 0) is 48.0 Å². The lowest BCUT2D eigenvalue weighted by molar-refractivity contribution is -0.128. The summed E-state index contributed by atoms with van der Waals surface area (Å²) in [5, 5.41) is 6.77. The number of rotatable bonds is 11. The van der Waals surface area contributed by atoms with Crippen molar-refractivity contribution in [1.29, 1.82) is 0 Å². The summed E-state index contributed by atoms with van der Waals surface area (Å²) in [6.07, 6.45) is 4.34. The molecule has 0 heterocycles. The summed E-state index contributed by atoms with van der Waals surface area (Å²) in [6.45, 7) is 0. The third kappa shape index (κ3) is 7.86. The highest BCUT2D eigenvalue weighted by molar-refractivity contribution is 6.09. The first-order valence-corrected chi connectivity index (χ1v) is 13.0. The molecule has 0 bridgehead atoms. The molecule has 10 nitrogen and oxygen atoms in total. The number of carbonyl (C=O) groups excluding carboxylic acids is 3. The Morgan fingerprint density at radius 2 is 1.37 bits per heavy atom. The average molecular weight is 580 g/mol. The Morgan fingerprint density at radius 3 is 2.07 bits per heavy atom. The Balaban J connectivity index is 1.44. The lowest BCUT2D eigenvalue weighted by Crippen LogP contribution is -2.21. The SMILES string of the molecule is COc1cc(C(=O)Nc2ccccc2C(=O)N/N=C\c2ccccc2OC(=O)/C=C/c2ccccc2)cc(OC)c1OC.